The van der Waals surface area contributed by atoms with Gasteiger partial charge in [0.25, 0.3) is 5.91 Å². The molecule has 1 aromatic rings. The molecule has 8 heteroatoms. The number of carbonyl (C=O) groups excluding carboxylic acids is 2. The number of carboxylic acid groups (broad SMARTS) is 1. The van der Waals surface area contributed by atoms with E-state index >= 15 is 0 Å². The minimum absolute atomic E-state index is 0.112. The van der Waals surface area contributed by atoms with Gasteiger partial charge in [-0.1, -0.05) is 0 Å². The number of amides is 2. The summed E-state index contributed by atoms with van der Waals surface area (Å²) in [4.78, 5) is 39.3. The molecular weight excluding hydrogens is 352 g/mol. The smallest absolute Gasteiger partial charge is 0.308 e. The lowest BCUT2D eigenvalue weighted by molar-refractivity contribution is -0.145. The van der Waals surface area contributed by atoms with Crippen molar-refractivity contribution in [1.29, 1.82) is 0 Å². The lowest BCUT2D eigenvalue weighted by Crippen LogP contribution is -2.47. The maximum absolute atomic E-state index is 12.8. The molecule has 1 atom stereocenters. The Morgan fingerprint density at radius 2 is 1.85 bits per heavy atom. The van der Waals surface area contributed by atoms with E-state index in [4.69, 9.17) is 14.6 Å². The Kier molecular flexibility index (Phi) is 6.65. The zero-order chi connectivity index (χ0) is 20.1. The van der Waals surface area contributed by atoms with Crippen LogP contribution in [-0.4, -0.2) is 73.6 Å². The number of carbonyl (C=O) groups is 3. The average molecular weight is 378 g/mol. The topological polar surface area (TPSA) is 96.4 Å². The molecule has 1 unspecified atom stereocenters. The Morgan fingerprint density at radius 1 is 1.22 bits per heavy atom. The Bertz CT molecular complexity index is 733. The highest BCUT2D eigenvalue weighted by molar-refractivity contribution is 5.98. The number of methoxy groups -OCH3 is 2. The molecule has 1 saturated heterocycles. The SMILES string of the molecule is COc1cc(C)c(C(=O)N(C)CC(=O)N2CCCC(C(=O)O)C2)cc1OC. The highest BCUT2D eigenvalue weighted by atomic mass is 16.5. The normalized spacial score (nSPS) is 16.6. The van der Waals surface area contributed by atoms with Crippen LogP contribution >= 0.6 is 0 Å². The quantitative estimate of drug-likeness (QED) is 0.804. The molecule has 0 aliphatic carbocycles. The van der Waals surface area contributed by atoms with Gasteiger partial charge in [-0.2, -0.15) is 0 Å². The van der Waals surface area contributed by atoms with Crippen LogP contribution in [0, 0.1) is 12.8 Å². The van der Waals surface area contributed by atoms with Gasteiger partial charge in [0.15, 0.2) is 11.5 Å². The molecule has 148 valence electrons. The van der Waals surface area contributed by atoms with Crippen LogP contribution in [0.15, 0.2) is 12.1 Å². The molecule has 0 spiro atoms. The maximum atomic E-state index is 12.8. The standard InChI is InChI=1S/C19H26N2O6/c1-12-8-15(26-3)16(27-4)9-14(12)18(23)20(2)11-17(22)21-7-5-6-13(10-21)19(24)25/h8-9,13H,5-7,10-11H2,1-4H3,(H,24,25). The molecule has 1 aliphatic rings. The van der Waals surface area contributed by atoms with E-state index in [-0.39, 0.29) is 24.9 Å². The molecule has 0 aromatic heterocycles. The molecular formula is C19H26N2O6. The van der Waals surface area contributed by atoms with Crippen molar-refractivity contribution in [2.24, 2.45) is 5.92 Å². The molecule has 8 nitrogen and oxygen atoms in total. The third-order valence-corrected chi connectivity index (χ3v) is 4.80. The fourth-order valence-corrected chi connectivity index (χ4v) is 3.20. The van der Waals surface area contributed by atoms with Crippen molar-refractivity contribution in [3.8, 4) is 11.5 Å². The number of hydrogen-bond acceptors (Lipinski definition) is 5. The molecule has 2 rings (SSSR count). The summed E-state index contributed by atoms with van der Waals surface area (Å²) in [6.07, 6.45) is 1.22. The fraction of sp³-hybridized carbons (Fsp3) is 0.526. The third kappa shape index (κ3) is 4.69. The van der Waals surface area contributed by atoms with Crippen molar-refractivity contribution in [3.63, 3.8) is 0 Å². The van der Waals surface area contributed by atoms with Gasteiger partial charge in [-0.25, -0.2) is 0 Å². The van der Waals surface area contributed by atoms with E-state index in [1.165, 1.54) is 24.0 Å². The Labute approximate surface area is 158 Å². The van der Waals surface area contributed by atoms with Gasteiger partial charge in [0.1, 0.15) is 0 Å². The summed E-state index contributed by atoms with van der Waals surface area (Å²) in [5.74, 6) is -1.04. The average Bonchev–Trinajstić information content (AvgIpc) is 2.66. The molecule has 1 fully saturated rings. The maximum Gasteiger partial charge on any atom is 0.308 e. The minimum atomic E-state index is -0.891. The van der Waals surface area contributed by atoms with E-state index in [1.54, 1.807) is 26.1 Å². The summed E-state index contributed by atoms with van der Waals surface area (Å²) in [5.41, 5.74) is 1.13. The molecule has 1 aromatic carbocycles. The van der Waals surface area contributed by atoms with Crippen LogP contribution in [0.25, 0.3) is 0 Å². The van der Waals surface area contributed by atoms with Gasteiger partial charge in [-0.15, -0.1) is 0 Å². The molecule has 1 N–H and O–H groups in total. The van der Waals surface area contributed by atoms with E-state index in [0.29, 0.717) is 42.0 Å². The summed E-state index contributed by atoms with van der Waals surface area (Å²) >= 11 is 0. The van der Waals surface area contributed by atoms with Gasteiger partial charge in [0, 0.05) is 25.7 Å². The van der Waals surface area contributed by atoms with Crippen LogP contribution in [0.5, 0.6) is 11.5 Å². The van der Waals surface area contributed by atoms with Crippen molar-refractivity contribution < 1.29 is 29.0 Å². The number of carboxylic acids is 1. The third-order valence-electron chi connectivity index (χ3n) is 4.80. The number of likely N-dealkylation sites (tertiary alicyclic amines) is 1. The van der Waals surface area contributed by atoms with Crippen LogP contribution in [0.3, 0.4) is 0 Å². The van der Waals surface area contributed by atoms with Crippen molar-refractivity contribution in [3.05, 3.63) is 23.3 Å². The second kappa shape index (κ2) is 8.75. The predicted molar refractivity (Wildman–Crippen MR) is 98.2 cm³/mol. The Hall–Kier alpha value is -2.77. The van der Waals surface area contributed by atoms with Crippen LogP contribution in [0.4, 0.5) is 0 Å². The number of ether oxygens (including phenoxy) is 2. The van der Waals surface area contributed by atoms with Crippen molar-refractivity contribution in [1.82, 2.24) is 9.80 Å². The lowest BCUT2D eigenvalue weighted by atomic mass is 9.98. The van der Waals surface area contributed by atoms with Gasteiger partial charge in [-0.3, -0.25) is 14.4 Å². The highest BCUT2D eigenvalue weighted by Gasteiger charge is 2.29. The summed E-state index contributed by atoms with van der Waals surface area (Å²) < 4.78 is 10.5. The van der Waals surface area contributed by atoms with Crippen molar-refractivity contribution in [2.45, 2.75) is 19.8 Å². The zero-order valence-corrected chi connectivity index (χ0v) is 16.2. The summed E-state index contributed by atoms with van der Waals surface area (Å²) in [6.45, 7) is 2.37. The molecule has 0 radical (unpaired) electrons. The van der Waals surface area contributed by atoms with E-state index in [9.17, 15) is 14.4 Å². The van der Waals surface area contributed by atoms with Gasteiger partial charge < -0.3 is 24.4 Å². The molecule has 0 saturated carbocycles. The summed E-state index contributed by atoms with van der Waals surface area (Å²) in [6, 6.07) is 3.31. The number of hydrogen-bond donors (Lipinski definition) is 1. The second-order valence-corrected chi connectivity index (χ2v) is 6.70. The van der Waals surface area contributed by atoms with E-state index in [1.807, 2.05) is 0 Å². The number of rotatable bonds is 6. The molecule has 2 amide bonds. The van der Waals surface area contributed by atoms with Gasteiger partial charge in [0.05, 0.1) is 26.7 Å². The zero-order valence-electron chi connectivity index (χ0n) is 16.2. The molecule has 0 bridgehead atoms. The Morgan fingerprint density at radius 3 is 2.44 bits per heavy atom. The first kappa shape index (κ1) is 20.5. The summed E-state index contributed by atoms with van der Waals surface area (Å²) in [7, 11) is 4.56. The van der Waals surface area contributed by atoms with Gasteiger partial charge in [-0.05, 0) is 37.5 Å². The van der Waals surface area contributed by atoms with Crippen LogP contribution in [0.2, 0.25) is 0 Å². The fourth-order valence-electron chi connectivity index (χ4n) is 3.20. The predicted octanol–water partition coefficient (Wildman–Crippen LogP) is 1.41. The monoisotopic (exact) mass is 378 g/mol. The van der Waals surface area contributed by atoms with Crippen LogP contribution < -0.4 is 9.47 Å². The largest absolute Gasteiger partial charge is 0.493 e. The van der Waals surface area contributed by atoms with Crippen molar-refractivity contribution >= 4 is 17.8 Å². The first-order chi connectivity index (χ1) is 12.8. The van der Waals surface area contributed by atoms with Gasteiger partial charge >= 0.3 is 5.97 Å². The first-order valence-corrected chi connectivity index (χ1v) is 8.77. The number of piperidine rings is 1. The number of benzene rings is 1. The highest BCUT2D eigenvalue weighted by Crippen LogP contribution is 2.30. The van der Waals surface area contributed by atoms with Gasteiger partial charge in [0.2, 0.25) is 5.91 Å². The molecule has 1 heterocycles. The number of nitrogens with zero attached hydrogens (tertiary/aromatic N) is 2. The van der Waals surface area contributed by atoms with E-state index < -0.39 is 11.9 Å². The van der Waals surface area contributed by atoms with Crippen molar-refractivity contribution in [2.75, 3.05) is 40.9 Å². The summed E-state index contributed by atoms with van der Waals surface area (Å²) in [5, 5.41) is 9.15. The Balaban J connectivity index is 2.09. The minimum Gasteiger partial charge on any atom is -0.493 e. The number of likely N-dealkylation sites (N-methyl/N-ethyl adjacent to an activating group) is 1. The molecule has 27 heavy (non-hydrogen) atoms. The molecule has 1 aliphatic heterocycles. The van der Waals surface area contributed by atoms with Crippen LogP contribution in [-0.2, 0) is 9.59 Å². The second-order valence-electron chi connectivity index (χ2n) is 6.70. The lowest BCUT2D eigenvalue weighted by Gasteiger charge is -2.32. The number of aliphatic carboxylic acids is 1. The number of aryl methyl sites for hydroxylation is 1. The first-order valence-electron chi connectivity index (χ1n) is 8.77. The van der Waals surface area contributed by atoms with E-state index in [2.05, 4.69) is 0 Å². The van der Waals surface area contributed by atoms with E-state index in [0.717, 1.165) is 0 Å². The van der Waals surface area contributed by atoms with Crippen LogP contribution in [0.1, 0.15) is 28.8 Å².